The molecule has 5 rings (SSSR count). The third-order valence-corrected chi connectivity index (χ3v) is 6.51. The first kappa shape index (κ1) is 19.4. The van der Waals surface area contributed by atoms with Crippen molar-refractivity contribution >= 4 is 29.1 Å². The van der Waals surface area contributed by atoms with E-state index in [0.29, 0.717) is 28.4 Å². The standard InChI is InChI=1S/C24H22N2O5/c1-30-17-9-10-19(31-2)18(12-17)25-22(27)13-5-7-16(8-6-13)26-23(28)20-14-3-4-15(11-14)21(20)24(26)29/h3-10,12,14-15,20-21H,11H2,1-2H3,(H,25,27)/t14-,15-,20-,21-/m0/s1. The van der Waals surface area contributed by atoms with Gasteiger partial charge in [-0.15, -0.1) is 0 Å². The van der Waals surface area contributed by atoms with Gasteiger partial charge in [-0.05, 0) is 54.7 Å². The van der Waals surface area contributed by atoms with E-state index in [0.717, 1.165) is 6.42 Å². The fourth-order valence-corrected chi connectivity index (χ4v) is 5.02. The number of benzene rings is 2. The maximum absolute atomic E-state index is 12.9. The third kappa shape index (κ3) is 3.00. The molecule has 7 heteroatoms. The quantitative estimate of drug-likeness (QED) is 0.595. The largest absolute Gasteiger partial charge is 0.497 e. The Labute approximate surface area is 179 Å². The predicted molar refractivity (Wildman–Crippen MR) is 114 cm³/mol. The Morgan fingerprint density at radius 2 is 1.58 bits per heavy atom. The van der Waals surface area contributed by atoms with Crippen LogP contribution in [0, 0.1) is 23.7 Å². The van der Waals surface area contributed by atoms with E-state index in [2.05, 4.69) is 17.5 Å². The molecular weight excluding hydrogens is 396 g/mol. The minimum atomic E-state index is -0.337. The molecule has 31 heavy (non-hydrogen) atoms. The SMILES string of the molecule is COc1ccc(OC)c(NC(=O)c2ccc(N3C(=O)[C@@H]4[C@@H](C3=O)[C@H]3C=C[C@H]4C3)cc2)c1. The lowest BCUT2D eigenvalue weighted by atomic mass is 9.85. The number of imide groups is 1. The van der Waals surface area contributed by atoms with Crippen LogP contribution in [0.2, 0.25) is 0 Å². The first-order chi connectivity index (χ1) is 15.0. The number of methoxy groups -OCH3 is 2. The van der Waals surface area contributed by atoms with Crippen molar-refractivity contribution in [1.82, 2.24) is 0 Å². The zero-order chi connectivity index (χ0) is 21.7. The van der Waals surface area contributed by atoms with Crippen LogP contribution < -0.4 is 19.7 Å². The molecule has 3 amide bonds. The second-order valence-electron chi connectivity index (χ2n) is 8.08. The minimum absolute atomic E-state index is 0.134. The Bertz CT molecular complexity index is 1080. The number of fused-ring (bicyclic) bond motifs is 5. The van der Waals surface area contributed by atoms with Crippen molar-refractivity contribution in [3.05, 3.63) is 60.2 Å². The van der Waals surface area contributed by atoms with Crippen LogP contribution >= 0.6 is 0 Å². The van der Waals surface area contributed by atoms with Gasteiger partial charge in [0.15, 0.2) is 0 Å². The number of nitrogens with one attached hydrogen (secondary N) is 1. The Morgan fingerprint density at radius 1 is 0.935 bits per heavy atom. The molecule has 4 atom stereocenters. The van der Waals surface area contributed by atoms with Crippen molar-refractivity contribution in [3.8, 4) is 11.5 Å². The number of carbonyl (C=O) groups is 3. The Balaban J connectivity index is 1.35. The molecular formula is C24H22N2O5. The van der Waals surface area contributed by atoms with Crippen molar-refractivity contribution in [2.75, 3.05) is 24.4 Å². The lowest BCUT2D eigenvalue weighted by Crippen LogP contribution is -2.32. The number of rotatable bonds is 5. The number of nitrogens with zero attached hydrogens (tertiary/aromatic N) is 1. The number of ether oxygens (including phenoxy) is 2. The van der Waals surface area contributed by atoms with E-state index in [-0.39, 0.29) is 41.4 Å². The van der Waals surface area contributed by atoms with Gasteiger partial charge in [0.1, 0.15) is 11.5 Å². The summed E-state index contributed by atoms with van der Waals surface area (Å²) in [5.41, 5.74) is 1.38. The zero-order valence-electron chi connectivity index (χ0n) is 17.2. The molecule has 2 aromatic carbocycles. The average molecular weight is 418 g/mol. The summed E-state index contributed by atoms with van der Waals surface area (Å²) in [6, 6.07) is 11.6. The van der Waals surface area contributed by atoms with Gasteiger partial charge in [-0.2, -0.15) is 0 Å². The van der Waals surface area contributed by atoms with Crippen LogP contribution in [0.5, 0.6) is 11.5 Å². The molecule has 1 heterocycles. The second kappa shape index (κ2) is 7.27. The highest BCUT2D eigenvalue weighted by Gasteiger charge is 2.59. The average Bonchev–Trinajstić information content (AvgIpc) is 3.47. The van der Waals surface area contributed by atoms with Gasteiger partial charge in [-0.1, -0.05) is 12.2 Å². The third-order valence-electron chi connectivity index (χ3n) is 6.51. The molecule has 158 valence electrons. The van der Waals surface area contributed by atoms with Gasteiger partial charge in [-0.3, -0.25) is 19.3 Å². The summed E-state index contributed by atoms with van der Waals surface area (Å²) in [7, 11) is 3.07. The molecule has 0 radical (unpaired) electrons. The number of hydrogen-bond donors (Lipinski definition) is 1. The molecule has 0 aromatic heterocycles. The number of carbonyl (C=O) groups excluding carboxylic acids is 3. The summed E-state index contributed by atoms with van der Waals surface area (Å²) < 4.78 is 10.5. The molecule has 7 nitrogen and oxygen atoms in total. The molecule has 2 aromatic rings. The number of allylic oxidation sites excluding steroid dienone is 2. The number of anilines is 2. The molecule has 0 unspecified atom stereocenters. The molecule has 1 N–H and O–H groups in total. The molecule has 1 saturated heterocycles. The van der Waals surface area contributed by atoms with Crippen LogP contribution in [0.3, 0.4) is 0 Å². The summed E-state index contributed by atoms with van der Waals surface area (Å²) in [6.07, 6.45) is 5.04. The summed E-state index contributed by atoms with van der Waals surface area (Å²) in [5, 5.41) is 2.81. The highest BCUT2D eigenvalue weighted by Crippen LogP contribution is 2.53. The minimum Gasteiger partial charge on any atom is -0.497 e. The fraction of sp³-hybridized carbons (Fsp3) is 0.292. The van der Waals surface area contributed by atoms with E-state index < -0.39 is 0 Å². The van der Waals surface area contributed by atoms with Gasteiger partial charge >= 0.3 is 0 Å². The van der Waals surface area contributed by atoms with Gasteiger partial charge in [0.25, 0.3) is 5.91 Å². The predicted octanol–water partition coefficient (Wildman–Crippen LogP) is 3.27. The normalized spacial score (nSPS) is 25.7. The van der Waals surface area contributed by atoms with E-state index >= 15 is 0 Å². The van der Waals surface area contributed by atoms with Crippen molar-refractivity contribution in [2.45, 2.75) is 6.42 Å². The summed E-state index contributed by atoms with van der Waals surface area (Å²) in [4.78, 5) is 39.9. The molecule has 3 aliphatic rings. The van der Waals surface area contributed by atoms with Crippen LogP contribution in [0.1, 0.15) is 16.8 Å². The highest BCUT2D eigenvalue weighted by atomic mass is 16.5. The van der Waals surface area contributed by atoms with Crippen LogP contribution in [-0.4, -0.2) is 31.9 Å². The molecule has 1 saturated carbocycles. The Morgan fingerprint density at radius 3 is 2.16 bits per heavy atom. The molecule has 0 spiro atoms. The topological polar surface area (TPSA) is 84.9 Å². The van der Waals surface area contributed by atoms with E-state index in [1.165, 1.54) is 12.0 Å². The second-order valence-corrected chi connectivity index (χ2v) is 8.08. The summed E-state index contributed by atoms with van der Waals surface area (Å²) in [6.45, 7) is 0. The van der Waals surface area contributed by atoms with Crippen molar-refractivity contribution in [2.24, 2.45) is 23.7 Å². The first-order valence-corrected chi connectivity index (χ1v) is 10.2. The van der Waals surface area contributed by atoms with E-state index in [1.807, 2.05) is 0 Å². The van der Waals surface area contributed by atoms with Gasteiger partial charge < -0.3 is 14.8 Å². The van der Waals surface area contributed by atoms with E-state index in [4.69, 9.17) is 9.47 Å². The van der Waals surface area contributed by atoms with Gasteiger partial charge in [0.05, 0.1) is 37.4 Å². The summed E-state index contributed by atoms with van der Waals surface area (Å²) in [5.74, 6) is 0.336. The van der Waals surface area contributed by atoms with Crippen molar-refractivity contribution < 1.29 is 23.9 Å². The monoisotopic (exact) mass is 418 g/mol. The molecule has 2 bridgehead atoms. The maximum atomic E-state index is 12.9. The van der Waals surface area contributed by atoms with Crippen molar-refractivity contribution in [1.29, 1.82) is 0 Å². The Kier molecular flexibility index (Phi) is 4.54. The van der Waals surface area contributed by atoms with Gasteiger partial charge in [0, 0.05) is 11.6 Å². The van der Waals surface area contributed by atoms with Gasteiger partial charge in [0.2, 0.25) is 11.8 Å². The fourth-order valence-electron chi connectivity index (χ4n) is 5.02. The summed E-state index contributed by atoms with van der Waals surface area (Å²) >= 11 is 0. The molecule has 1 aliphatic heterocycles. The number of amides is 3. The smallest absolute Gasteiger partial charge is 0.255 e. The van der Waals surface area contributed by atoms with Crippen molar-refractivity contribution in [3.63, 3.8) is 0 Å². The van der Waals surface area contributed by atoms with Crippen LogP contribution in [-0.2, 0) is 9.59 Å². The zero-order valence-corrected chi connectivity index (χ0v) is 17.2. The van der Waals surface area contributed by atoms with Crippen LogP contribution in [0.25, 0.3) is 0 Å². The number of hydrogen-bond acceptors (Lipinski definition) is 5. The Hall–Kier alpha value is -3.61. The van der Waals surface area contributed by atoms with E-state index in [1.54, 1.807) is 49.6 Å². The lowest BCUT2D eigenvalue weighted by Gasteiger charge is -2.17. The lowest BCUT2D eigenvalue weighted by molar-refractivity contribution is -0.123. The van der Waals surface area contributed by atoms with Crippen LogP contribution in [0.4, 0.5) is 11.4 Å². The van der Waals surface area contributed by atoms with E-state index in [9.17, 15) is 14.4 Å². The molecule has 2 fully saturated rings. The first-order valence-electron chi connectivity index (χ1n) is 10.2. The van der Waals surface area contributed by atoms with Gasteiger partial charge in [-0.25, -0.2) is 0 Å². The van der Waals surface area contributed by atoms with Crippen LogP contribution in [0.15, 0.2) is 54.6 Å². The molecule has 2 aliphatic carbocycles. The highest BCUT2D eigenvalue weighted by molar-refractivity contribution is 6.23. The maximum Gasteiger partial charge on any atom is 0.255 e.